The Hall–Kier alpha value is -2.15. The Balaban J connectivity index is 1.63. The number of aliphatic hydroxyl groups is 1. The number of aromatic nitrogens is 3. The van der Waals surface area contributed by atoms with Gasteiger partial charge in [-0.05, 0) is 31.4 Å². The summed E-state index contributed by atoms with van der Waals surface area (Å²) in [6.07, 6.45) is 4.25. The fourth-order valence-corrected chi connectivity index (χ4v) is 2.08. The van der Waals surface area contributed by atoms with Crippen LogP contribution in [0, 0.1) is 0 Å². The van der Waals surface area contributed by atoms with Crippen molar-refractivity contribution in [3.05, 3.63) is 24.4 Å². The largest absolute Gasteiger partial charge is 0.388 e. The molecule has 2 aromatic heterocycles. The van der Waals surface area contributed by atoms with E-state index in [9.17, 15) is 9.90 Å². The van der Waals surface area contributed by atoms with Gasteiger partial charge in [-0.15, -0.1) is 10.2 Å². The summed E-state index contributed by atoms with van der Waals surface area (Å²) in [6.45, 7) is 0.259. The van der Waals surface area contributed by atoms with Crippen molar-refractivity contribution < 1.29 is 9.90 Å². The van der Waals surface area contributed by atoms with Gasteiger partial charge >= 0.3 is 6.03 Å². The lowest BCUT2D eigenvalue weighted by molar-refractivity contribution is -0.0287. The quantitative estimate of drug-likeness (QED) is 0.761. The van der Waals surface area contributed by atoms with Crippen LogP contribution in [0.1, 0.15) is 19.3 Å². The molecule has 1 aliphatic rings. The molecule has 7 heteroatoms. The standard InChI is InChI=1S/C12H15N5O2/c18-11(13-8-12(19)5-3-6-12)14-10-16-15-9-4-1-2-7-17(9)10/h1-2,4,7,19H,3,5-6,8H2,(H2,13,14,16,18). The van der Waals surface area contributed by atoms with Gasteiger partial charge < -0.3 is 10.4 Å². The number of amides is 2. The summed E-state index contributed by atoms with van der Waals surface area (Å²) in [4.78, 5) is 11.7. The van der Waals surface area contributed by atoms with E-state index < -0.39 is 11.6 Å². The number of rotatable bonds is 3. The topological polar surface area (TPSA) is 91.5 Å². The predicted molar refractivity (Wildman–Crippen MR) is 68.8 cm³/mol. The smallest absolute Gasteiger partial charge is 0.321 e. The van der Waals surface area contributed by atoms with Crippen LogP contribution in [-0.4, -0.2) is 37.9 Å². The maximum atomic E-state index is 11.7. The highest BCUT2D eigenvalue weighted by molar-refractivity contribution is 5.87. The molecule has 0 aromatic carbocycles. The Morgan fingerprint density at radius 2 is 2.26 bits per heavy atom. The van der Waals surface area contributed by atoms with Crippen molar-refractivity contribution >= 4 is 17.6 Å². The predicted octanol–water partition coefficient (Wildman–Crippen LogP) is 0.766. The summed E-state index contributed by atoms with van der Waals surface area (Å²) in [6, 6.07) is 5.09. The van der Waals surface area contributed by atoms with E-state index in [1.807, 2.05) is 12.1 Å². The molecule has 3 N–H and O–H groups in total. The molecule has 0 unspecified atom stereocenters. The van der Waals surface area contributed by atoms with Crippen LogP contribution in [0.3, 0.4) is 0 Å². The van der Waals surface area contributed by atoms with Crippen LogP contribution in [-0.2, 0) is 0 Å². The Morgan fingerprint density at radius 3 is 3.00 bits per heavy atom. The molecule has 2 amide bonds. The molecule has 100 valence electrons. The summed E-state index contributed by atoms with van der Waals surface area (Å²) in [5.74, 6) is 0.355. The SMILES string of the molecule is O=C(NCC1(O)CCC1)Nc1nnc2ccccn12. The first-order chi connectivity index (χ1) is 9.16. The summed E-state index contributed by atoms with van der Waals surface area (Å²) in [5.41, 5.74) is -0.0695. The first kappa shape index (κ1) is 11.9. The van der Waals surface area contributed by atoms with Gasteiger partial charge in [0.2, 0.25) is 5.95 Å². The summed E-state index contributed by atoms with van der Waals surface area (Å²) >= 11 is 0. The number of pyridine rings is 1. The average Bonchev–Trinajstić information content (AvgIpc) is 2.78. The van der Waals surface area contributed by atoms with Gasteiger partial charge in [0.05, 0.1) is 5.60 Å². The molecule has 7 nitrogen and oxygen atoms in total. The highest BCUT2D eigenvalue weighted by atomic mass is 16.3. The minimum atomic E-state index is -0.732. The molecular formula is C12H15N5O2. The van der Waals surface area contributed by atoms with Gasteiger partial charge in [-0.3, -0.25) is 9.72 Å². The van der Waals surface area contributed by atoms with E-state index in [1.54, 1.807) is 16.7 Å². The third-order valence-corrected chi connectivity index (χ3v) is 3.40. The molecule has 1 saturated carbocycles. The molecule has 2 heterocycles. The second-order valence-corrected chi connectivity index (χ2v) is 4.84. The van der Waals surface area contributed by atoms with Gasteiger partial charge in [0.1, 0.15) is 0 Å². The van der Waals surface area contributed by atoms with E-state index >= 15 is 0 Å². The van der Waals surface area contributed by atoms with Gasteiger partial charge in [0.25, 0.3) is 0 Å². The van der Waals surface area contributed by atoms with Gasteiger partial charge in [-0.2, -0.15) is 0 Å². The molecule has 2 aromatic rings. The number of carbonyl (C=O) groups is 1. The third kappa shape index (κ3) is 2.37. The number of carbonyl (C=O) groups excluding carboxylic acids is 1. The molecule has 0 bridgehead atoms. The Morgan fingerprint density at radius 1 is 1.42 bits per heavy atom. The van der Waals surface area contributed by atoms with E-state index in [2.05, 4.69) is 20.8 Å². The Kier molecular flexibility index (Phi) is 2.83. The van der Waals surface area contributed by atoms with E-state index in [0.29, 0.717) is 11.6 Å². The van der Waals surface area contributed by atoms with Crippen LogP contribution in [0.15, 0.2) is 24.4 Å². The molecule has 0 atom stereocenters. The monoisotopic (exact) mass is 261 g/mol. The molecule has 0 aliphatic heterocycles. The summed E-state index contributed by atoms with van der Waals surface area (Å²) in [5, 5.41) is 23.0. The van der Waals surface area contributed by atoms with Gasteiger partial charge in [0, 0.05) is 12.7 Å². The van der Waals surface area contributed by atoms with Crippen molar-refractivity contribution in [2.24, 2.45) is 0 Å². The Labute approximate surface area is 109 Å². The molecule has 0 spiro atoms. The molecule has 19 heavy (non-hydrogen) atoms. The summed E-state index contributed by atoms with van der Waals surface area (Å²) < 4.78 is 1.68. The maximum Gasteiger partial charge on any atom is 0.321 e. The van der Waals surface area contributed by atoms with Crippen molar-refractivity contribution in [2.75, 3.05) is 11.9 Å². The van der Waals surface area contributed by atoms with Gasteiger partial charge in [-0.25, -0.2) is 4.79 Å². The molecule has 3 rings (SSSR count). The van der Waals surface area contributed by atoms with Crippen LogP contribution in [0.2, 0.25) is 0 Å². The second-order valence-electron chi connectivity index (χ2n) is 4.84. The van der Waals surface area contributed by atoms with E-state index in [-0.39, 0.29) is 6.54 Å². The average molecular weight is 261 g/mol. The molecule has 1 aliphatic carbocycles. The zero-order valence-electron chi connectivity index (χ0n) is 10.3. The zero-order valence-corrected chi connectivity index (χ0v) is 10.3. The first-order valence-corrected chi connectivity index (χ1v) is 6.23. The normalized spacial score (nSPS) is 16.9. The molecule has 1 fully saturated rings. The maximum absolute atomic E-state index is 11.7. The van der Waals surface area contributed by atoms with Gasteiger partial charge in [0.15, 0.2) is 5.65 Å². The van der Waals surface area contributed by atoms with Crippen molar-refractivity contribution in [3.63, 3.8) is 0 Å². The van der Waals surface area contributed by atoms with Crippen molar-refractivity contribution in [1.29, 1.82) is 0 Å². The van der Waals surface area contributed by atoms with Crippen LogP contribution in [0.5, 0.6) is 0 Å². The van der Waals surface area contributed by atoms with E-state index in [0.717, 1.165) is 19.3 Å². The van der Waals surface area contributed by atoms with Crippen LogP contribution in [0.25, 0.3) is 5.65 Å². The van der Waals surface area contributed by atoms with Crippen LogP contribution in [0.4, 0.5) is 10.7 Å². The number of nitrogens with one attached hydrogen (secondary N) is 2. The second kappa shape index (κ2) is 4.51. The Bertz CT molecular complexity index is 605. The first-order valence-electron chi connectivity index (χ1n) is 6.23. The number of hydrogen-bond acceptors (Lipinski definition) is 4. The van der Waals surface area contributed by atoms with E-state index in [4.69, 9.17) is 0 Å². The lowest BCUT2D eigenvalue weighted by Gasteiger charge is -2.36. The van der Waals surface area contributed by atoms with Gasteiger partial charge in [-0.1, -0.05) is 6.07 Å². The number of anilines is 1. The van der Waals surface area contributed by atoms with Crippen LogP contribution < -0.4 is 10.6 Å². The highest BCUT2D eigenvalue weighted by Gasteiger charge is 2.34. The fourth-order valence-electron chi connectivity index (χ4n) is 2.08. The molecule has 0 radical (unpaired) electrons. The number of urea groups is 1. The lowest BCUT2D eigenvalue weighted by Crippen LogP contribution is -2.48. The third-order valence-electron chi connectivity index (χ3n) is 3.40. The number of fused-ring (bicyclic) bond motifs is 1. The van der Waals surface area contributed by atoms with Crippen molar-refractivity contribution in [1.82, 2.24) is 19.9 Å². The van der Waals surface area contributed by atoms with Crippen molar-refractivity contribution in [3.8, 4) is 0 Å². The fraction of sp³-hybridized carbons (Fsp3) is 0.417. The van der Waals surface area contributed by atoms with E-state index in [1.165, 1.54) is 0 Å². The lowest BCUT2D eigenvalue weighted by atomic mass is 9.80. The minimum absolute atomic E-state index is 0.259. The number of nitrogens with zero attached hydrogens (tertiary/aromatic N) is 3. The van der Waals surface area contributed by atoms with Crippen LogP contribution >= 0.6 is 0 Å². The molecule has 0 saturated heterocycles. The highest BCUT2D eigenvalue weighted by Crippen LogP contribution is 2.30. The summed E-state index contributed by atoms with van der Waals surface area (Å²) in [7, 11) is 0. The minimum Gasteiger partial charge on any atom is -0.388 e. The van der Waals surface area contributed by atoms with Crippen molar-refractivity contribution in [2.45, 2.75) is 24.9 Å². The number of hydrogen-bond donors (Lipinski definition) is 3. The zero-order chi connectivity index (χ0) is 13.3. The molecular weight excluding hydrogens is 246 g/mol.